The fraction of sp³-hybridized carbons (Fsp3) is 0.150. The standard InChI is InChI=1S/C20H19N3OS/c1-14-8-9-18-17(10-14)15(2)11-20(22-18)25-13-19(24)23-21-12-16-6-4-3-5-7-16/h3-12H,13H2,1-2H3,(H,23,24)/b21-12+. The average Bonchev–Trinajstić information content (AvgIpc) is 2.61. The van der Waals surface area contributed by atoms with Gasteiger partial charge in [-0.3, -0.25) is 4.79 Å². The van der Waals surface area contributed by atoms with E-state index in [1.807, 2.05) is 48.5 Å². The Morgan fingerprint density at radius 1 is 1.16 bits per heavy atom. The zero-order valence-corrected chi connectivity index (χ0v) is 15.0. The van der Waals surface area contributed by atoms with Crippen LogP contribution in [0.3, 0.4) is 0 Å². The van der Waals surface area contributed by atoms with Gasteiger partial charge in [-0.05, 0) is 43.2 Å². The molecular weight excluding hydrogens is 330 g/mol. The number of hydrogen-bond donors (Lipinski definition) is 1. The number of rotatable bonds is 5. The van der Waals surface area contributed by atoms with E-state index in [9.17, 15) is 4.79 Å². The van der Waals surface area contributed by atoms with Crippen LogP contribution in [0.5, 0.6) is 0 Å². The lowest BCUT2D eigenvalue weighted by Crippen LogP contribution is -2.19. The second-order valence-corrected chi connectivity index (χ2v) is 6.79. The van der Waals surface area contributed by atoms with Crippen LogP contribution in [-0.2, 0) is 4.79 Å². The molecule has 126 valence electrons. The Hall–Kier alpha value is -2.66. The highest BCUT2D eigenvalue weighted by Crippen LogP contribution is 2.24. The molecular formula is C20H19N3OS. The van der Waals surface area contributed by atoms with E-state index in [1.165, 1.54) is 22.9 Å². The van der Waals surface area contributed by atoms with Gasteiger partial charge in [0, 0.05) is 5.39 Å². The molecule has 3 aromatic rings. The number of aromatic nitrogens is 1. The number of benzene rings is 2. The van der Waals surface area contributed by atoms with Crippen molar-refractivity contribution in [3.05, 3.63) is 71.3 Å². The third-order valence-corrected chi connectivity index (χ3v) is 4.61. The minimum absolute atomic E-state index is 0.152. The first-order valence-corrected chi connectivity index (χ1v) is 8.98. The summed E-state index contributed by atoms with van der Waals surface area (Å²) in [6.45, 7) is 4.14. The molecule has 4 nitrogen and oxygen atoms in total. The minimum Gasteiger partial charge on any atom is -0.272 e. The highest BCUT2D eigenvalue weighted by Gasteiger charge is 2.06. The summed E-state index contributed by atoms with van der Waals surface area (Å²) in [6, 6.07) is 17.9. The SMILES string of the molecule is Cc1ccc2nc(SCC(=O)N/N=C/c3ccccc3)cc(C)c2c1. The zero-order chi connectivity index (χ0) is 17.6. The van der Waals surface area contributed by atoms with Gasteiger partial charge in [0.25, 0.3) is 0 Å². The molecule has 0 spiro atoms. The molecule has 0 unspecified atom stereocenters. The summed E-state index contributed by atoms with van der Waals surface area (Å²) in [7, 11) is 0. The average molecular weight is 349 g/mol. The largest absolute Gasteiger partial charge is 0.272 e. The van der Waals surface area contributed by atoms with Crippen LogP contribution in [0.25, 0.3) is 10.9 Å². The highest BCUT2D eigenvalue weighted by atomic mass is 32.2. The normalized spacial score (nSPS) is 11.1. The Kier molecular flexibility index (Phi) is 5.46. The second-order valence-electron chi connectivity index (χ2n) is 5.79. The molecule has 0 radical (unpaired) electrons. The van der Waals surface area contributed by atoms with Gasteiger partial charge in [-0.25, -0.2) is 10.4 Å². The maximum Gasteiger partial charge on any atom is 0.250 e. The fourth-order valence-electron chi connectivity index (χ4n) is 2.44. The molecule has 0 aliphatic rings. The first-order chi connectivity index (χ1) is 12.1. The first-order valence-electron chi connectivity index (χ1n) is 7.99. The molecule has 0 bridgehead atoms. The number of amides is 1. The Morgan fingerprint density at radius 2 is 1.96 bits per heavy atom. The Balaban J connectivity index is 1.59. The molecule has 0 aliphatic carbocycles. The van der Waals surface area contributed by atoms with Crippen molar-refractivity contribution in [1.29, 1.82) is 0 Å². The fourth-order valence-corrected chi connectivity index (χ4v) is 3.21. The van der Waals surface area contributed by atoms with Gasteiger partial charge in [0.15, 0.2) is 0 Å². The van der Waals surface area contributed by atoms with Gasteiger partial charge in [0.05, 0.1) is 22.5 Å². The van der Waals surface area contributed by atoms with Crippen LogP contribution < -0.4 is 5.43 Å². The number of pyridine rings is 1. The monoisotopic (exact) mass is 349 g/mol. The number of aryl methyl sites for hydroxylation is 2. The molecule has 0 saturated heterocycles. The number of thioether (sulfide) groups is 1. The predicted molar refractivity (Wildman–Crippen MR) is 104 cm³/mol. The lowest BCUT2D eigenvalue weighted by atomic mass is 10.1. The van der Waals surface area contributed by atoms with Gasteiger partial charge in [-0.1, -0.05) is 53.7 Å². The van der Waals surface area contributed by atoms with E-state index in [-0.39, 0.29) is 11.7 Å². The van der Waals surface area contributed by atoms with Crippen molar-refractivity contribution < 1.29 is 4.79 Å². The number of hydrogen-bond acceptors (Lipinski definition) is 4. The van der Waals surface area contributed by atoms with Crippen LogP contribution in [0, 0.1) is 13.8 Å². The molecule has 0 aliphatic heterocycles. The number of carbonyl (C=O) groups excluding carboxylic acids is 1. The second kappa shape index (κ2) is 7.94. The maximum atomic E-state index is 11.9. The molecule has 1 heterocycles. The summed E-state index contributed by atoms with van der Waals surface area (Å²) < 4.78 is 0. The topological polar surface area (TPSA) is 54.4 Å². The Morgan fingerprint density at radius 3 is 2.76 bits per heavy atom. The van der Waals surface area contributed by atoms with E-state index in [0.717, 1.165) is 21.5 Å². The van der Waals surface area contributed by atoms with E-state index in [0.29, 0.717) is 0 Å². The minimum atomic E-state index is -0.152. The van der Waals surface area contributed by atoms with E-state index in [1.54, 1.807) is 6.21 Å². The van der Waals surface area contributed by atoms with Crippen molar-refractivity contribution in [3.8, 4) is 0 Å². The quantitative estimate of drug-likeness (QED) is 0.429. The van der Waals surface area contributed by atoms with Gasteiger partial charge < -0.3 is 0 Å². The van der Waals surface area contributed by atoms with Gasteiger partial charge in [-0.2, -0.15) is 5.10 Å². The third kappa shape index (κ3) is 4.67. The number of carbonyl (C=O) groups is 1. The molecule has 1 aromatic heterocycles. The molecule has 1 N–H and O–H groups in total. The molecule has 0 saturated carbocycles. The van der Waals surface area contributed by atoms with Crippen molar-refractivity contribution in [2.45, 2.75) is 18.9 Å². The van der Waals surface area contributed by atoms with Crippen LogP contribution >= 0.6 is 11.8 Å². The molecule has 25 heavy (non-hydrogen) atoms. The van der Waals surface area contributed by atoms with Crippen molar-refractivity contribution in [2.24, 2.45) is 5.10 Å². The van der Waals surface area contributed by atoms with Crippen molar-refractivity contribution in [3.63, 3.8) is 0 Å². The smallest absolute Gasteiger partial charge is 0.250 e. The van der Waals surface area contributed by atoms with E-state index < -0.39 is 0 Å². The van der Waals surface area contributed by atoms with E-state index >= 15 is 0 Å². The van der Waals surface area contributed by atoms with Crippen LogP contribution in [0.15, 0.2) is 64.7 Å². The maximum absolute atomic E-state index is 11.9. The van der Waals surface area contributed by atoms with E-state index in [4.69, 9.17) is 0 Å². The van der Waals surface area contributed by atoms with E-state index in [2.05, 4.69) is 35.4 Å². The summed E-state index contributed by atoms with van der Waals surface area (Å²) >= 11 is 1.41. The van der Waals surface area contributed by atoms with Crippen LogP contribution in [0.4, 0.5) is 0 Å². The number of nitrogens with one attached hydrogen (secondary N) is 1. The summed E-state index contributed by atoms with van der Waals surface area (Å²) in [4.78, 5) is 16.5. The summed E-state index contributed by atoms with van der Waals surface area (Å²) in [6.07, 6.45) is 1.63. The Bertz CT molecular complexity index is 923. The third-order valence-electron chi connectivity index (χ3n) is 3.70. The molecule has 2 aromatic carbocycles. The van der Waals surface area contributed by atoms with Crippen LogP contribution in [0.2, 0.25) is 0 Å². The van der Waals surface area contributed by atoms with Crippen LogP contribution in [0.1, 0.15) is 16.7 Å². The molecule has 0 atom stereocenters. The first kappa shape index (κ1) is 17.2. The number of nitrogens with zero attached hydrogens (tertiary/aromatic N) is 2. The zero-order valence-electron chi connectivity index (χ0n) is 14.2. The van der Waals surface area contributed by atoms with Crippen molar-refractivity contribution >= 4 is 34.8 Å². The molecule has 1 amide bonds. The van der Waals surface area contributed by atoms with Gasteiger partial charge >= 0.3 is 0 Å². The van der Waals surface area contributed by atoms with Gasteiger partial charge in [0.2, 0.25) is 5.91 Å². The highest BCUT2D eigenvalue weighted by molar-refractivity contribution is 7.99. The van der Waals surface area contributed by atoms with Crippen LogP contribution in [-0.4, -0.2) is 22.9 Å². The molecule has 5 heteroatoms. The number of hydrazone groups is 1. The number of fused-ring (bicyclic) bond motifs is 1. The van der Waals surface area contributed by atoms with Crippen molar-refractivity contribution in [1.82, 2.24) is 10.4 Å². The van der Waals surface area contributed by atoms with Gasteiger partial charge in [0.1, 0.15) is 0 Å². The summed E-state index contributed by atoms with van der Waals surface area (Å²) in [5.74, 6) is 0.122. The molecule has 0 fully saturated rings. The molecule has 3 rings (SSSR count). The lowest BCUT2D eigenvalue weighted by molar-refractivity contribution is -0.118. The van der Waals surface area contributed by atoms with Gasteiger partial charge in [-0.15, -0.1) is 0 Å². The summed E-state index contributed by atoms with van der Waals surface area (Å²) in [5, 5.41) is 5.97. The Labute approximate surface area is 151 Å². The lowest BCUT2D eigenvalue weighted by Gasteiger charge is -2.07. The summed E-state index contributed by atoms with van der Waals surface area (Å²) in [5.41, 5.74) is 6.82. The van der Waals surface area contributed by atoms with Crippen molar-refractivity contribution in [2.75, 3.05) is 5.75 Å². The predicted octanol–water partition coefficient (Wildman–Crippen LogP) is 4.09.